The summed E-state index contributed by atoms with van der Waals surface area (Å²) < 4.78 is 5.96. The fourth-order valence-electron chi connectivity index (χ4n) is 9.20. The van der Waals surface area contributed by atoms with Crippen LogP contribution in [0.4, 0.5) is 0 Å². The fraction of sp³-hybridized carbons (Fsp3) is 0.903. The molecule has 0 bridgehead atoms. The second-order valence-corrected chi connectivity index (χ2v) is 14.0. The van der Waals surface area contributed by atoms with E-state index >= 15 is 0 Å². The van der Waals surface area contributed by atoms with Crippen LogP contribution in [0.25, 0.3) is 0 Å². The maximum Gasteiger partial charge on any atom is 0.143 e. The molecule has 4 rings (SSSR count). The second kappa shape index (κ2) is 9.99. The summed E-state index contributed by atoms with van der Waals surface area (Å²) in [4.78, 5) is 14.0. The van der Waals surface area contributed by atoms with Gasteiger partial charge in [0.2, 0.25) is 0 Å². The van der Waals surface area contributed by atoms with E-state index in [-0.39, 0.29) is 46.4 Å². The first-order valence-electron chi connectivity index (χ1n) is 14.8. The van der Waals surface area contributed by atoms with Crippen molar-refractivity contribution in [2.75, 3.05) is 6.61 Å². The Morgan fingerprint density at radius 1 is 1.11 bits per heavy atom. The van der Waals surface area contributed by atoms with E-state index in [1.807, 2.05) is 6.92 Å². The van der Waals surface area contributed by atoms with Crippen LogP contribution in [0.2, 0.25) is 0 Å². The summed E-state index contributed by atoms with van der Waals surface area (Å²) in [6.07, 6.45) is 4.46. The third-order valence-electron chi connectivity index (χ3n) is 11.2. The summed E-state index contributed by atoms with van der Waals surface area (Å²) in [5, 5.41) is 43.9. The highest BCUT2D eigenvalue weighted by Crippen LogP contribution is 2.67. The number of allylic oxidation sites excluding steroid dienone is 2. The van der Waals surface area contributed by atoms with Gasteiger partial charge in [0.15, 0.2) is 0 Å². The lowest BCUT2D eigenvalue weighted by Crippen LogP contribution is -2.59. The molecule has 0 aromatic carbocycles. The summed E-state index contributed by atoms with van der Waals surface area (Å²) in [5.41, 5.74) is -0.0129. The van der Waals surface area contributed by atoms with Gasteiger partial charge in [-0.3, -0.25) is 4.79 Å². The maximum absolute atomic E-state index is 14.0. The molecule has 0 aromatic heterocycles. The molecule has 3 fully saturated rings. The lowest BCUT2D eigenvalue weighted by Gasteiger charge is -2.59. The minimum Gasteiger partial charge on any atom is -0.390 e. The van der Waals surface area contributed by atoms with Crippen LogP contribution in [0.5, 0.6) is 0 Å². The third-order valence-corrected chi connectivity index (χ3v) is 11.2. The Labute approximate surface area is 223 Å². The fourth-order valence-corrected chi connectivity index (χ4v) is 9.20. The Bertz CT molecular complexity index is 902. The first-order valence-corrected chi connectivity index (χ1v) is 14.8. The predicted molar refractivity (Wildman–Crippen MR) is 144 cm³/mol. The molecule has 212 valence electrons. The van der Waals surface area contributed by atoms with Crippen LogP contribution < -0.4 is 0 Å². The molecule has 4 N–H and O–H groups in total. The van der Waals surface area contributed by atoms with E-state index in [1.54, 1.807) is 20.8 Å². The zero-order valence-electron chi connectivity index (χ0n) is 24.2. The van der Waals surface area contributed by atoms with Crippen LogP contribution in [0, 0.1) is 34.5 Å². The average molecular weight is 521 g/mol. The monoisotopic (exact) mass is 520 g/mol. The average Bonchev–Trinajstić information content (AvgIpc) is 3.17. The molecule has 0 saturated heterocycles. The number of aliphatic hydroxyl groups excluding tert-OH is 2. The number of fused-ring (bicyclic) bond motifs is 4. The second-order valence-electron chi connectivity index (χ2n) is 14.0. The van der Waals surface area contributed by atoms with Gasteiger partial charge in [0.05, 0.1) is 29.5 Å². The molecule has 0 radical (unpaired) electrons. The van der Waals surface area contributed by atoms with E-state index in [0.29, 0.717) is 32.3 Å². The number of carbonyl (C=O) groups excluding carboxylic acids is 1. The van der Waals surface area contributed by atoms with Crippen LogP contribution in [0.3, 0.4) is 0 Å². The third kappa shape index (κ3) is 4.77. The highest BCUT2D eigenvalue weighted by molar-refractivity contribution is 5.89. The van der Waals surface area contributed by atoms with Crippen molar-refractivity contribution in [1.82, 2.24) is 0 Å². The molecule has 6 nitrogen and oxygen atoms in total. The molecule has 4 aliphatic carbocycles. The van der Waals surface area contributed by atoms with E-state index in [1.165, 1.54) is 11.1 Å². The number of hydrogen-bond acceptors (Lipinski definition) is 6. The molecule has 3 saturated carbocycles. The number of rotatable bonds is 8. The molecular weight excluding hydrogens is 468 g/mol. The van der Waals surface area contributed by atoms with E-state index in [2.05, 4.69) is 20.8 Å². The van der Waals surface area contributed by atoms with Crippen LogP contribution in [0.1, 0.15) is 106 Å². The first-order chi connectivity index (χ1) is 17.1. The zero-order chi connectivity index (χ0) is 27.6. The van der Waals surface area contributed by atoms with Crippen molar-refractivity contribution in [2.45, 2.75) is 136 Å². The maximum atomic E-state index is 14.0. The van der Waals surface area contributed by atoms with Crippen LogP contribution in [-0.2, 0) is 9.53 Å². The smallest absolute Gasteiger partial charge is 0.143 e. The lowest BCUT2D eigenvalue weighted by molar-refractivity contribution is -0.160. The van der Waals surface area contributed by atoms with Gasteiger partial charge in [-0.1, -0.05) is 31.9 Å². The van der Waals surface area contributed by atoms with Crippen molar-refractivity contribution in [3.63, 3.8) is 0 Å². The van der Waals surface area contributed by atoms with E-state index in [4.69, 9.17) is 4.74 Å². The highest BCUT2D eigenvalue weighted by Gasteiger charge is 2.63. The van der Waals surface area contributed by atoms with E-state index < -0.39 is 23.4 Å². The minimum atomic E-state index is -1.28. The molecule has 0 amide bonds. The Morgan fingerprint density at radius 3 is 2.38 bits per heavy atom. The van der Waals surface area contributed by atoms with Gasteiger partial charge in [0.1, 0.15) is 5.78 Å². The van der Waals surface area contributed by atoms with E-state index in [0.717, 1.165) is 32.1 Å². The van der Waals surface area contributed by atoms with Crippen LogP contribution >= 0.6 is 0 Å². The van der Waals surface area contributed by atoms with Crippen molar-refractivity contribution < 1.29 is 30.0 Å². The molecule has 37 heavy (non-hydrogen) atoms. The number of Topliss-reactive ketones (excluding diaryl/α,β-unsaturated/α-hetero) is 1. The van der Waals surface area contributed by atoms with Crippen molar-refractivity contribution in [1.29, 1.82) is 0 Å². The summed E-state index contributed by atoms with van der Waals surface area (Å²) in [6, 6.07) is 0. The Hall–Kier alpha value is -0.790. The molecule has 0 spiro atoms. The van der Waals surface area contributed by atoms with Gasteiger partial charge in [0.25, 0.3) is 0 Å². The number of aliphatic hydroxyl groups is 4. The van der Waals surface area contributed by atoms with Gasteiger partial charge in [-0.15, -0.1) is 0 Å². The van der Waals surface area contributed by atoms with Crippen LogP contribution in [-0.4, -0.2) is 62.3 Å². The first kappa shape index (κ1) is 29.2. The molecule has 0 heterocycles. The largest absolute Gasteiger partial charge is 0.390 e. The van der Waals surface area contributed by atoms with Gasteiger partial charge >= 0.3 is 0 Å². The highest BCUT2D eigenvalue weighted by atomic mass is 16.5. The quantitative estimate of drug-likeness (QED) is 0.350. The topological polar surface area (TPSA) is 107 Å². The summed E-state index contributed by atoms with van der Waals surface area (Å²) in [7, 11) is 0. The summed E-state index contributed by atoms with van der Waals surface area (Å²) in [5.74, 6) is 0.178. The SMILES string of the molecule is CCO[C@H]1C[C@@]2(C)[C@@H](C[C@H]1O)C(=O)[C@@H](CC)C1=C3CC[C@H]([C@@](C)(O)[C@H](O)CCC(C)(C)O)[C@@]3(C)CC[C@@H]12. The number of ketones is 1. The van der Waals surface area contributed by atoms with Crippen molar-refractivity contribution >= 4 is 5.78 Å². The number of ether oxygens (including phenoxy) is 1. The zero-order valence-corrected chi connectivity index (χ0v) is 24.2. The molecule has 4 aliphatic rings. The van der Waals surface area contributed by atoms with Gasteiger partial charge in [-0.25, -0.2) is 0 Å². The molecular formula is C31H52O6. The van der Waals surface area contributed by atoms with Gasteiger partial charge in [0, 0.05) is 18.4 Å². The number of hydrogen-bond donors (Lipinski definition) is 4. The molecule has 10 atom stereocenters. The van der Waals surface area contributed by atoms with Gasteiger partial charge in [-0.2, -0.15) is 0 Å². The predicted octanol–water partition coefficient (Wildman–Crippen LogP) is 4.56. The Morgan fingerprint density at radius 2 is 1.78 bits per heavy atom. The van der Waals surface area contributed by atoms with Crippen molar-refractivity contribution in [3.05, 3.63) is 11.1 Å². The van der Waals surface area contributed by atoms with Gasteiger partial charge in [-0.05, 0) is 108 Å². The van der Waals surface area contributed by atoms with Crippen molar-refractivity contribution in [3.8, 4) is 0 Å². The van der Waals surface area contributed by atoms with Crippen LogP contribution in [0.15, 0.2) is 11.1 Å². The minimum absolute atomic E-state index is 0.109. The Kier molecular flexibility index (Phi) is 7.89. The standard InChI is InChI=1S/C31H52O6/c1-8-18-26-19-10-11-24(31(7,36)25(33)13-14-28(3,4)35)29(19,5)15-12-20(26)30(6)17-23(37-9-2)22(32)16-21(30)27(18)34/h18,20-25,32-33,35-36H,8-17H2,1-7H3/t18-,20-,21-,22+,23-,24-,25+,29-,30+,31+/m0/s1. The normalized spacial score (nSPS) is 42.6. The summed E-state index contributed by atoms with van der Waals surface area (Å²) >= 11 is 0. The molecule has 0 unspecified atom stereocenters. The molecule has 0 aliphatic heterocycles. The van der Waals surface area contributed by atoms with E-state index in [9.17, 15) is 25.2 Å². The molecule has 6 heteroatoms. The Balaban J connectivity index is 1.71. The lowest BCUT2D eigenvalue weighted by atomic mass is 9.45. The van der Waals surface area contributed by atoms with Gasteiger partial charge < -0.3 is 25.2 Å². The summed E-state index contributed by atoms with van der Waals surface area (Å²) in [6.45, 7) is 14.4. The van der Waals surface area contributed by atoms with Crippen molar-refractivity contribution in [2.24, 2.45) is 34.5 Å². The molecule has 0 aromatic rings. The number of carbonyl (C=O) groups is 1.